The minimum absolute atomic E-state index is 0.0146. The van der Waals surface area contributed by atoms with Crippen LogP contribution in [-0.2, 0) is 13.2 Å². The topological polar surface area (TPSA) is 70.2 Å². The van der Waals surface area contributed by atoms with E-state index in [2.05, 4.69) is 5.10 Å². The number of aromatic nitrogens is 2. The third kappa shape index (κ3) is 2.93. The second-order valence-corrected chi connectivity index (χ2v) is 4.26. The van der Waals surface area contributed by atoms with Gasteiger partial charge in [-0.05, 0) is 19.9 Å². The number of nitro groups is 1. The molecule has 0 aliphatic carbocycles. The van der Waals surface area contributed by atoms with Gasteiger partial charge in [0.15, 0.2) is 11.6 Å². The van der Waals surface area contributed by atoms with Gasteiger partial charge in [0, 0.05) is 24.4 Å². The highest BCUT2D eigenvalue weighted by Gasteiger charge is 2.12. The Labute approximate surface area is 114 Å². The highest BCUT2D eigenvalue weighted by atomic mass is 19.1. The van der Waals surface area contributed by atoms with Crippen molar-refractivity contribution in [3.8, 4) is 5.75 Å². The summed E-state index contributed by atoms with van der Waals surface area (Å²) in [5, 5.41) is 14.8. The first kappa shape index (κ1) is 14.0. The molecule has 0 aliphatic rings. The zero-order valence-corrected chi connectivity index (χ0v) is 11.2. The van der Waals surface area contributed by atoms with Crippen molar-refractivity contribution in [1.82, 2.24) is 9.78 Å². The number of hydrogen-bond donors (Lipinski definition) is 0. The van der Waals surface area contributed by atoms with E-state index in [-0.39, 0.29) is 18.0 Å². The Hall–Kier alpha value is -2.44. The average Bonchev–Trinajstić information content (AvgIpc) is 2.78. The zero-order valence-electron chi connectivity index (χ0n) is 11.2. The van der Waals surface area contributed by atoms with E-state index in [1.54, 1.807) is 4.68 Å². The van der Waals surface area contributed by atoms with Gasteiger partial charge in [0.05, 0.1) is 16.7 Å². The molecule has 2 rings (SSSR count). The molecular formula is C13H14FN3O3. The molecule has 0 saturated carbocycles. The second-order valence-electron chi connectivity index (χ2n) is 4.26. The molecule has 0 aliphatic heterocycles. The van der Waals surface area contributed by atoms with E-state index in [1.807, 2.05) is 20.0 Å². The van der Waals surface area contributed by atoms with Crippen LogP contribution in [0.2, 0.25) is 0 Å². The van der Waals surface area contributed by atoms with Crippen LogP contribution in [0.4, 0.5) is 10.1 Å². The Balaban J connectivity index is 2.10. The summed E-state index contributed by atoms with van der Waals surface area (Å²) in [5.41, 5.74) is 1.36. The highest BCUT2D eigenvalue weighted by molar-refractivity contribution is 5.37. The van der Waals surface area contributed by atoms with Crippen LogP contribution in [0.15, 0.2) is 24.4 Å². The van der Waals surface area contributed by atoms with Crippen molar-refractivity contribution in [3.05, 3.63) is 51.6 Å². The molecular weight excluding hydrogens is 265 g/mol. The van der Waals surface area contributed by atoms with Crippen molar-refractivity contribution in [2.75, 3.05) is 0 Å². The summed E-state index contributed by atoms with van der Waals surface area (Å²) in [4.78, 5) is 9.86. The summed E-state index contributed by atoms with van der Waals surface area (Å²) in [6.07, 6.45) is 1.83. The normalized spacial score (nSPS) is 10.6. The van der Waals surface area contributed by atoms with E-state index in [1.165, 1.54) is 12.1 Å². The van der Waals surface area contributed by atoms with Gasteiger partial charge in [0.1, 0.15) is 6.61 Å². The fourth-order valence-corrected chi connectivity index (χ4v) is 1.74. The monoisotopic (exact) mass is 279 g/mol. The van der Waals surface area contributed by atoms with E-state index < -0.39 is 10.7 Å². The van der Waals surface area contributed by atoms with E-state index in [0.29, 0.717) is 0 Å². The maximum Gasteiger partial charge on any atom is 0.272 e. The first-order chi connectivity index (χ1) is 9.51. The van der Waals surface area contributed by atoms with Crippen molar-refractivity contribution in [1.29, 1.82) is 0 Å². The molecule has 1 aromatic heterocycles. The molecule has 7 heteroatoms. The van der Waals surface area contributed by atoms with Crippen molar-refractivity contribution < 1.29 is 14.1 Å². The molecule has 0 fully saturated rings. The van der Waals surface area contributed by atoms with Crippen LogP contribution in [-0.4, -0.2) is 14.7 Å². The standard InChI is InChI=1S/C13H14FN3O3/c1-3-16-7-10(9(2)15-16)8-20-13-5-4-11(17(18)19)6-12(13)14/h4-7H,3,8H2,1-2H3. The fraction of sp³-hybridized carbons (Fsp3) is 0.308. The van der Waals surface area contributed by atoms with Crippen LogP contribution < -0.4 is 4.74 Å². The van der Waals surface area contributed by atoms with E-state index >= 15 is 0 Å². The van der Waals surface area contributed by atoms with Crippen LogP contribution in [0.5, 0.6) is 5.75 Å². The largest absolute Gasteiger partial charge is 0.486 e. The molecule has 0 unspecified atom stereocenters. The summed E-state index contributed by atoms with van der Waals surface area (Å²) in [5.74, 6) is -0.765. The van der Waals surface area contributed by atoms with Crippen molar-refractivity contribution in [2.24, 2.45) is 0 Å². The predicted molar refractivity (Wildman–Crippen MR) is 70.0 cm³/mol. The molecule has 0 radical (unpaired) electrons. The quantitative estimate of drug-likeness (QED) is 0.623. The molecule has 6 nitrogen and oxygen atoms in total. The van der Waals surface area contributed by atoms with E-state index in [4.69, 9.17) is 4.74 Å². The summed E-state index contributed by atoms with van der Waals surface area (Å²) in [6.45, 7) is 4.72. The Morgan fingerprint density at radius 1 is 1.50 bits per heavy atom. The Morgan fingerprint density at radius 2 is 2.25 bits per heavy atom. The number of non-ortho nitro benzene ring substituents is 1. The lowest BCUT2D eigenvalue weighted by Crippen LogP contribution is -1.99. The number of nitrogens with zero attached hydrogens (tertiary/aromatic N) is 3. The zero-order chi connectivity index (χ0) is 14.7. The molecule has 1 heterocycles. The first-order valence-corrected chi connectivity index (χ1v) is 6.11. The number of nitro benzene ring substituents is 1. The second kappa shape index (κ2) is 5.68. The lowest BCUT2D eigenvalue weighted by molar-refractivity contribution is -0.385. The third-order valence-corrected chi connectivity index (χ3v) is 2.88. The van der Waals surface area contributed by atoms with Crippen LogP contribution in [0, 0.1) is 22.9 Å². The van der Waals surface area contributed by atoms with Crippen LogP contribution in [0.25, 0.3) is 0 Å². The van der Waals surface area contributed by atoms with Gasteiger partial charge in [-0.15, -0.1) is 0 Å². The van der Waals surface area contributed by atoms with Gasteiger partial charge in [0.2, 0.25) is 0 Å². The number of ether oxygens (including phenoxy) is 1. The van der Waals surface area contributed by atoms with Gasteiger partial charge in [-0.3, -0.25) is 14.8 Å². The maximum atomic E-state index is 13.6. The van der Waals surface area contributed by atoms with Gasteiger partial charge in [-0.2, -0.15) is 5.10 Å². The van der Waals surface area contributed by atoms with Crippen molar-refractivity contribution in [3.63, 3.8) is 0 Å². The Morgan fingerprint density at radius 3 is 2.80 bits per heavy atom. The molecule has 0 atom stereocenters. The SMILES string of the molecule is CCn1cc(COc2ccc([N+](=O)[O-])cc2F)c(C)n1. The van der Waals surface area contributed by atoms with Gasteiger partial charge in [0.25, 0.3) is 5.69 Å². The molecule has 1 aromatic carbocycles. The molecule has 2 aromatic rings. The fourth-order valence-electron chi connectivity index (χ4n) is 1.74. The third-order valence-electron chi connectivity index (χ3n) is 2.88. The van der Waals surface area contributed by atoms with Crippen LogP contribution >= 0.6 is 0 Å². The smallest absolute Gasteiger partial charge is 0.272 e. The molecule has 106 valence electrons. The number of halogens is 1. The van der Waals surface area contributed by atoms with Gasteiger partial charge >= 0.3 is 0 Å². The summed E-state index contributed by atoms with van der Waals surface area (Å²) in [7, 11) is 0. The van der Waals surface area contributed by atoms with Crippen molar-refractivity contribution >= 4 is 5.69 Å². The minimum Gasteiger partial charge on any atom is -0.486 e. The Kier molecular flexibility index (Phi) is 3.97. The molecule has 0 N–H and O–H groups in total. The number of aryl methyl sites for hydroxylation is 2. The molecule has 0 spiro atoms. The number of benzene rings is 1. The van der Waals surface area contributed by atoms with Gasteiger partial charge in [-0.1, -0.05) is 0 Å². The summed E-state index contributed by atoms with van der Waals surface area (Å²) < 4.78 is 20.7. The minimum atomic E-state index is -0.750. The van der Waals surface area contributed by atoms with Crippen LogP contribution in [0.3, 0.4) is 0 Å². The predicted octanol–water partition coefficient (Wildman–Crippen LogP) is 2.84. The summed E-state index contributed by atoms with van der Waals surface area (Å²) in [6, 6.07) is 3.31. The maximum absolute atomic E-state index is 13.6. The van der Waals surface area contributed by atoms with E-state index in [9.17, 15) is 14.5 Å². The number of hydrogen-bond acceptors (Lipinski definition) is 4. The van der Waals surface area contributed by atoms with Gasteiger partial charge < -0.3 is 4.74 Å². The highest BCUT2D eigenvalue weighted by Crippen LogP contribution is 2.23. The molecule has 20 heavy (non-hydrogen) atoms. The summed E-state index contributed by atoms with van der Waals surface area (Å²) >= 11 is 0. The lowest BCUT2D eigenvalue weighted by atomic mass is 10.2. The van der Waals surface area contributed by atoms with E-state index in [0.717, 1.165) is 23.9 Å². The van der Waals surface area contributed by atoms with Gasteiger partial charge in [-0.25, -0.2) is 4.39 Å². The Bertz CT molecular complexity index is 640. The first-order valence-electron chi connectivity index (χ1n) is 6.11. The molecule has 0 bridgehead atoms. The number of rotatable bonds is 5. The molecule has 0 saturated heterocycles. The lowest BCUT2D eigenvalue weighted by Gasteiger charge is -2.06. The average molecular weight is 279 g/mol. The van der Waals surface area contributed by atoms with Crippen LogP contribution in [0.1, 0.15) is 18.2 Å². The van der Waals surface area contributed by atoms with Crippen molar-refractivity contribution in [2.45, 2.75) is 27.0 Å². The molecule has 0 amide bonds.